The lowest BCUT2D eigenvalue weighted by atomic mass is 9.87. The van der Waals surface area contributed by atoms with Crippen LogP contribution in [-0.2, 0) is 9.59 Å². The summed E-state index contributed by atoms with van der Waals surface area (Å²) in [5, 5.41) is 21.1. The second kappa shape index (κ2) is 24.6. The van der Waals surface area contributed by atoms with E-state index >= 15 is 0 Å². The summed E-state index contributed by atoms with van der Waals surface area (Å²) in [5.41, 5.74) is 0. The molecule has 0 radical (unpaired) electrons. The lowest BCUT2D eigenvalue weighted by Crippen LogP contribution is -2.27. The number of carbonyl (C=O) groups is 2. The Kier molecular flexibility index (Phi) is 24.1. The van der Waals surface area contributed by atoms with Crippen LogP contribution in [0.3, 0.4) is 0 Å². The Labute approximate surface area is 224 Å². The highest BCUT2D eigenvalue weighted by Gasteiger charge is 2.24. The van der Waals surface area contributed by atoms with Crippen LogP contribution in [0.5, 0.6) is 0 Å². The van der Waals surface area contributed by atoms with Crippen molar-refractivity contribution in [3.63, 3.8) is 0 Å². The fraction of sp³-hybridized carbons (Fsp3) is 0.938. The minimum Gasteiger partial charge on any atom is -0.393 e. The quantitative estimate of drug-likeness (QED) is 0.0855. The maximum absolute atomic E-state index is 12.5. The summed E-state index contributed by atoms with van der Waals surface area (Å²) in [6.45, 7) is 8.78. The van der Waals surface area contributed by atoms with Crippen molar-refractivity contribution in [1.82, 2.24) is 0 Å². The number of unbranched alkanes of at least 4 members (excludes halogenated alkanes) is 10. The van der Waals surface area contributed by atoms with Gasteiger partial charge in [0.15, 0.2) is 0 Å². The van der Waals surface area contributed by atoms with Crippen LogP contribution in [0.4, 0.5) is 0 Å². The summed E-state index contributed by atoms with van der Waals surface area (Å²) in [6.07, 6.45) is 21.1. The third-order valence-electron chi connectivity index (χ3n) is 7.69. The highest BCUT2D eigenvalue weighted by atomic mass is 16.3. The fourth-order valence-corrected chi connectivity index (χ4v) is 5.60. The van der Waals surface area contributed by atoms with Gasteiger partial charge in [-0.25, -0.2) is 0 Å². The molecule has 0 aliphatic rings. The van der Waals surface area contributed by atoms with Gasteiger partial charge in [0.2, 0.25) is 11.6 Å². The molecular formula is C32H62O4. The predicted octanol–water partition coefficient (Wildman–Crippen LogP) is 8.74. The zero-order valence-corrected chi connectivity index (χ0v) is 24.6. The lowest BCUT2D eigenvalue weighted by Gasteiger charge is -2.21. The van der Waals surface area contributed by atoms with Gasteiger partial charge in [0.1, 0.15) is 0 Å². The molecule has 36 heavy (non-hydrogen) atoms. The van der Waals surface area contributed by atoms with Gasteiger partial charge in [-0.2, -0.15) is 0 Å². The summed E-state index contributed by atoms with van der Waals surface area (Å²) < 4.78 is 0. The number of aliphatic hydroxyl groups excluding tert-OH is 2. The molecule has 2 N–H and O–H groups in total. The molecule has 0 saturated carbocycles. The van der Waals surface area contributed by atoms with Crippen molar-refractivity contribution in [2.75, 3.05) is 0 Å². The SMILES string of the molecule is CCCCCCCCC(CCC)CC(O)CC(=O)C(=O)CC(O)CC(CCC)CCCCCCCC. The fourth-order valence-electron chi connectivity index (χ4n) is 5.60. The Morgan fingerprint density at radius 1 is 0.472 bits per heavy atom. The summed E-state index contributed by atoms with van der Waals surface area (Å²) in [5.74, 6) is -0.193. The maximum atomic E-state index is 12.5. The number of hydrogen-bond acceptors (Lipinski definition) is 4. The van der Waals surface area contributed by atoms with Gasteiger partial charge in [0, 0.05) is 12.8 Å². The van der Waals surface area contributed by atoms with E-state index < -0.39 is 23.8 Å². The summed E-state index contributed by atoms with van der Waals surface area (Å²) >= 11 is 0. The van der Waals surface area contributed by atoms with Gasteiger partial charge < -0.3 is 10.2 Å². The van der Waals surface area contributed by atoms with Gasteiger partial charge in [-0.1, -0.05) is 143 Å². The van der Waals surface area contributed by atoms with Crippen LogP contribution in [0, 0.1) is 11.8 Å². The second-order valence-electron chi connectivity index (χ2n) is 11.5. The normalized spacial score (nSPS) is 14.9. The minimum atomic E-state index is -0.754. The summed E-state index contributed by atoms with van der Waals surface area (Å²) in [6, 6.07) is 0. The van der Waals surface area contributed by atoms with Crippen molar-refractivity contribution < 1.29 is 19.8 Å². The first kappa shape index (κ1) is 35.3. The molecule has 4 nitrogen and oxygen atoms in total. The smallest absolute Gasteiger partial charge is 0.201 e. The molecule has 0 saturated heterocycles. The Hall–Kier alpha value is -0.740. The second-order valence-corrected chi connectivity index (χ2v) is 11.5. The van der Waals surface area contributed by atoms with Gasteiger partial charge in [0.25, 0.3) is 0 Å². The number of ketones is 2. The first-order valence-electron chi connectivity index (χ1n) is 15.8. The van der Waals surface area contributed by atoms with Crippen molar-refractivity contribution >= 4 is 11.6 Å². The van der Waals surface area contributed by atoms with E-state index in [1.54, 1.807) is 0 Å². The van der Waals surface area contributed by atoms with Crippen LogP contribution in [0.1, 0.15) is 169 Å². The maximum Gasteiger partial charge on any atom is 0.201 e. The molecule has 0 aliphatic carbocycles. The van der Waals surface area contributed by atoms with Crippen molar-refractivity contribution in [2.24, 2.45) is 11.8 Å². The largest absolute Gasteiger partial charge is 0.393 e. The zero-order valence-electron chi connectivity index (χ0n) is 24.6. The Balaban J connectivity index is 4.37. The molecule has 4 heteroatoms. The molecule has 0 spiro atoms. The Bertz CT molecular complexity index is 472. The number of rotatable bonds is 27. The van der Waals surface area contributed by atoms with Gasteiger partial charge in [-0.15, -0.1) is 0 Å². The molecule has 0 aliphatic heterocycles. The number of hydrogen-bond donors (Lipinski definition) is 2. The van der Waals surface area contributed by atoms with E-state index in [1.807, 2.05) is 0 Å². The molecule has 0 aromatic heterocycles. The standard InChI is InChI=1S/C32H62O4/c1-5-9-11-13-15-17-21-27(19-7-3)23-29(33)25-31(35)32(36)26-30(34)24-28(20-8-4)22-18-16-14-12-10-6-2/h27-30,33-34H,5-26H2,1-4H3. The first-order valence-corrected chi connectivity index (χ1v) is 15.8. The van der Waals surface area contributed by atoms with Gasteiger partial charge >= 0.3 is 0 Å². The minimum absolute atomic E-state index is 0.0988. The van der Waals surface area contributed by atoms with E-state index in [0.29, 0.717) is 24.7 Å². The molecular weight excluding hydrogens is 448 g/mol. The average molecular weight is 511 g/mol. The Morgan fingerprint density at radius 3 is 1.14 bits per heavy atom. The summed E-state index contributed by atoms with van der Waals surface area (Å²) in [4.78, 5) is 25.0. The van der Waals surface area contributed by atoms with Crippen molar-refractivity contribution in [3.8, 4) is 0 Å². The number of carbonyl (C=O) groups excluding carboxylic acids is 2. The molecule has 0 aromatic carbocycles. The molecule has 0 heterocycles. The molecule has 0 bridgehead atoms. The lowest BCUT2D eigenvalue weighted by molar-refractivity contribution is -0.139. The Morgan fingerprint density at radius 2 is 0.806 bits per heavy atom. The van der Waals surface area contributed by atoms with Crippen LogP contribution in [-0.4, -0.2) is 34.0 Å². The van der Waals surface area contributed by atoms with E-state index in [4.69, 9.17) is 0 Å². The van der Waals surface area contributed by atoms with Gasteiger partial charge in [-0.05, 0) is 24.7 Å². The van der Waals surface area contributed by atoms with Gasteiger partial charge in [0.05, 0.1) is 12.2 Å². The third kappa shape index (κ3) is 20.3. The van der Waals surface area contributed by atoms with Crippen molar-refractivity contribution in [1.29, 1.82) is 0 Å². The predicted molar refractivity (Wildman–Crippen MR) is 153 cm³/mol. The molecule has 4 unspecified atom stereocenters. The van der Waals surface area contributed by atoms with E-state index in [9.17, 15) is 19.8 Å². The molecule has 214 valence electrons. The van der Waals surface area contributed by atoms with E-state index in [2.05, 4.69) is 27.7 Å². The van der Waals surface area contributed by atoms with Crippen LogP contribution in [0.25, 0.3) is 0 Å². The highest BCUT2D eigenvalue weighted by Crippen LogP contribution is 2.24. The molecule has 0 aromatic rings. The molecule has 0 rings (SSSR count). The van der Waals surface area contributed by atoms with Crippen molar-refractivity contribution in [3.05, 3.63) is 0 Å². The number of aliphatic hydroxyl groups is 2. The third-order valence-corrected chi connectivity index (χ3v) is 7.69. The highest BCUT2D eigenvalue weighted by molar-refractivity contribution is 6.37. The van der Waals surface area contributed by atoms with Crippen LogP contribution < -0.4 is 0 Å². The summed E-state index contributed by atoms with van der Waals surface area (Å²) in [7, 11) is 0. The molecule has 4 atom stereocenters. The van der Waals surface area contributed by atoms with Gasteiger partial charge in [-0.3, -0.25) is 9.59 Å². The number of Topliss-reactive ketones (excluding diaryl/α,β-unsaturated/α-hetero) is 2. The molecule has 0 fully saturated rings. The topological polar surface area (TPSA) is 74.6 Å². The van der Waals surface area contributed by atoms with E-state index in [0.717, 1.165) is 38.5 Å². The van der Waals surface area contributed by atoms with Crippen LogP contribution in [0.15, 0.2) is 0 Å². The van der Waals surface area contributed by atoms with Crippen LogP contribution >= 0.6 is 0 Å². The zero-order chi connectivity index (χ0) is 27.0. The van der Waals surface area contributed by atoms with Crippen molar-refractivity contribution in [2.45, 2.75) is 181 Å². The van der Waals surface area contributed by atoms with E-state index in [1.165, 1.54) is 77.0 Å². The molecule has 0 amide bonds. The monoisotopic (exact) mass is 510 g/mol. The van der Waals surface area contributed by atoms with Crippen LogP contribution in [0.2, 0.25) is 0 Å². The average Bonchev–Trinajstić information content (AvgIpc) is 2.83. The van der Waals surface area contributed by atoms with E-state index in [-0.39, 0.29) is 12.8 Å². The first-order chi connectivity index (χ1) is 17.4.